The molecule has 0 bridgehead atoms. The molecule has 0 saturated carbocycles. The highest BCUT2D eigenvalue weighted by Gasteiger charge is 2.28. The summed E-state index contributed by atoms with van der Waals surface area (Å²) in [4.78, 5) is 28.8. The average molecular weight is 399 g/mol. The zero-order valence-electron chi connectivity index (χ0n) is 15.0. The topological polar surface area (TPSA) is 66.7 Å². The molecule has 27 heavy (non-hydrogen) atoms. The number of nitrogens with one attached hydrogen (secondary N) is 1. The lowest BCUT2D eigenvalue weighted by Crippen LogP contribution is -2.35. The van der Waals surface area contributed by atoms with E-state index in [-0.39, 0.29) is 11.5 Å². The molecule has 0 fully saturated rings. The Labute approximate surface area is 164 Å². The van der Waals surface area contributed by atoms with Gasteiger partial charge in [0.2, 0.25) is 0 Å². The van der Waals surface area contributed by atoms with E-state index in [4.69, 9.17) is 0 Å². The Morgan fingerprint density at radius 1 is 1.30 bits per heavy atom. The number of rotatable bonds is 3. The van der Waals surface area contributed by atoms with Crippen molar-refractivity contribution in [3.63, 3.8) is 0 Å². The molecule has 138 valence electrons. The first-order valence-corrected chi connectivity index (χ1v) is 10.2. The van der Waals surface area contributed by atoms with Crippen molar-refractivity contribution >= 4 is 51.0 Å². The van der Waals surface area contributed by atoms with Gasteiger partial charge < -0.3 is 4.90 Å². The quantitative estimate of drug-likeness (QED) is 0.795. The van der Waals surface area contributed by atoms with Crippen LogP contribution in [-0.2, 0) is 11.3 Å². The number of thiazole rings is 1. The molecule has 2 aromatic rings. The van der Waals surface area contributed by atoms with Gasteiger partial charge in [-0.15, -0.1) is 17.9 Å². The van der Waals surface area contributed by atoms with Crippen molar-refractivity contribution in [1.29, 1.82) is 0 Å². The van der Waals surface area contributed by atoms with Crippen LogP contribution in [0.5, 0.6) is 0 Å². The van der Waals surface area contributed by atoms with Gasteiger partial charge in [-0.25, -0.2) is 5.43 Å². The van der Waals surface area contributed by atoms with Crippen molar-refractivity contribution in [3.05, 3.63) is 56.5 Å². The van der Waals surface area contributed by atoms with E-state index in [2.05, 4.69) is 41.1 Å². The maximum absolute atomic E-state index is 13.2. The normalized spacial score (nSPS) is 19.9. The lowest BCUT2D eigenvalue weighted by molar-refractivity contribution is -0.115. The number of hydrogen-bond donors (Lipinski definition) is 1. The fraction of sp³-hybridized carbons (Fsp3) is 0.211. The molecule has 8 heteroatoms. The number of thioether (sulfide) groups is 1. The number of anilines is 1. The first-order valence-electron chi connectivity index (χ1n) is 8.55. The first kappa shape index (κ1) is 17.8. The Morgan fingerprint density at radius 2 is 2.07 bits per heavy atom. The van der Waals surface area contributed by atoms with Crippen LogP contribution in [0.2, 0.25) is 0 Å². The molecule has 2 aliphatic rings. The zero-order chi connectivity index (χ0) is 19.1. The fourth-order valence-corrected chi connectivity index (χ4v) is 5.81. The second-order valence-corrected chi connectivity index (χ2v) is 8.10. The van der Waals surface area contributed by atoms with Gasteiger partial charge in [-0.3, -0.25) is 14.2 Å². The van der Waals surface area contributed by atoms with Gasteiger partial charge in [0.05, 0.1) is 17.0 Å². The third-order valence-electron chi connectivity index (χ3n) is 4.44. The smallest absolute Gasteiger partial charge is 0.276 e. The van der Waals surface area contributed by atoms with E-state index in [1.165, 1.54) is 11.3 Å². The van der Waals surface area contributed by atoms with Gasteiger partial charge in [-0.05, 0) is 26.0 Å². The number of nitrogens with zero attached hydrogens (tertiary/aromatic N) is 3. The molecule has 6 nitrogen and oxygen atoms in total. The van der Waals surface area contributed by atoms with Crippen molar-refractivity contribution in [2.75, 3.05) is 11.4 Å². The molecule has 2 aliphatic heterocycles. The largest absolute Gasteiger partial charge is 0.334 e. The summed E-state index contributed by atoms with van der Waals surface area (Å²) in [5, 5.41) is 4.91. The second-order valence-electron chi connectivity index (χ2n) is 6.07. The van der Waals surface area contributed by atoms with E-state index < -0.39 is 0 Å². The summed E-state index contributed by atoms with van der Waals surface area (Å²) in [5.74, 6) is -0.280. The zero-order valence-corrected chi connectivity index (χ0v) is 16.6. The van der Waals surface area contributed by atoms with Crippen molar-refractivity contribution in [2.24, 2.45) is 5.10 Å². The number of benzene rings is 1. The minimum absolute atomic E-state index is 0.108. The monoisotopic (exact) mass is 398 g/mol. The van der Waals surface area contributed by atoms with E-state index in [0.29, 0.717) is 27.0 Å². The summed E-state index contributed by atoms with van der Waals surface area (Å²) < 4.78 is 2.86. The molecule has 1 aromatic carbocycles. The van der Waals surface area contributed by atoms with Crippen molar-refractivity contribution in [2.45, 2.75) is 25.3 Å². The Morgan fingerprint density at radius 3 is 2.74 bits per heavy atom. The maximum atomic E-state index is 13.2. The van der Waals surface area contributed by atoms with Crippen molar-refractivity contribution < 1.29 is 4.79 Å². The second kappa shape index (κ2) is 6.86. The minimum atomic E-state index is -0.280. The van der Waals surface area contributed by atoms with Crippen LogP contribution in [0.1, 0.15) is 13.8 Å². The van der Waals surface area contributed by atoms with Crippen LogP contribution in [0.15, 0.2) is 51.7 Å². The molecule has 4 rings (SSSR count). The molecular weight excluding hydrogens is 380 g/mol. The van der Waals surface area contributed by atoms with Crippen LogP contribution < -0.4 is 25.1 Å². The molecule has 0 spiro atoms. The van der Waals surface area contributed by atoms with Crippen molar-refractivity contribution in [3.8, 4) is 0 Å². The van der Waals surface area contributed by atoms with E-state index in [0.717, 1.165) is 22.2 Å². The van der Waals surface area contributed by atoms with E-state index in [9.17, 15) is 9.59 Å². The number of amides is 1. The number of hydrogen-bond acceptors (Lipinski definition) is 6. The highest BCUT2D eigenvalue weighted by molar-refractivity contribution is 8.08. The van der Waals surface area contributed by atoms with Gasteiger partial charge in [0.1, 0.15) is 14.2 Å². The van der Waals surface area contributed by atoms with Crippen molar-refractivity contribution in [1.82, 2.24) is 9.99 Å². The van der Waals surface area contributed by atoms with Crippen LogP contribution in [-0.4, -0.2) is 22.7 Å². The van der Waals surface area contributed by atoms with Crippen LogP contribution in [0.3, 0.4) is 0 Å². The Hall–Kier alpha value is -2.58. The third-order valence-corrected chi connectivity index (χ3v) is 6.94. The number of allylic oxidation sites excluding steroid dienone is 1. The van der Waals surface area contributed by atoms with E-state index >= 15 is 0 Å². The summed E-state index contributed by atoms with van der Waals surface area (Å²) in [6.07, 6.45) is 1.67. The molecule has 0 saturated heterocycles. The Balaban J connectivity index is 2.06. The molecule has 1 aromatic heterocycles. The van der Waals surface area contributed by atoms with Gasteiger partial charge in [0.25, 0.3) is 11.5 Å². The molecule has 1 N–H and O–H groups in total. The van der Waals surface area contributed by atoms with Crippen LogP contribution in [0.4, 0.5) is 5.69 Å². The summed E-state index contributed by atoms with van der Waals surface area (Å²) in [7, 11) is 0. The summed E-state index contributed by atoms with van der Waals surface area (Å²) in [6.45, 7) is 8.68. The standard InChI is InChI=1S/C19H18N4O2S2/c1-4-10-23-17(25)15(27-18(23)14-11(3)20-21-16(14)24)19-22(5-2)12-8-6-7-9-13(12)26-19/h4,6-9H,1,5,10H2,2-3H3,(H,21,24)/b18-14+,19-15-. The van der Waals surface area contributed by atoms with E-state index in [1.54, 1.807) is 29.3 Å². The Kier molecular flexibility index (Phi) is 4.53. The molecule has 3 heterocycles. The van der Waals surface area contributed by atoms with Gasteiger partial charge in [0.15, 0.2) is 0 Å². The van der Waals surface area contributed by atoms with Gasteiger partial charge in [-0.1, -0.05) is 30.0 Å². The summed E-state index contributed by atoms with van der Waals surface area (Å²) >= 11 is 2.94. The molecular formula is C19H18N4O2S2. The lowest BCUT2D eigenvalue weighted by Gasteiger charge is -2.16. The first-order chi connectivity index (χ1) is 13.1. The molecule has 0 radical (unpaired) electrons. The summed E-state index contributed by atoms with van der Waals surface area (Å²) in [6, 6.07) is 8.12. The number of carbonyl (C=O) groups is 1. The van der Waals surface area contributed by atoms with Crippen LogP contribution >= 0.6 is 23.1 Å². The highest BCUT2D eigenvalue weighted by Crippen LogP contribution is 2.45. The number of para-hydroxylation sites is 1. The highest BCUT2D eigenvalue weighted by atomic mass is 32.2. The van der Waals surface area contributed by atoms with E-state index in [1.807, 2.05) is 12.1 Å². The molecule has 0 aliphatic carbocycles. The predicted molar refractivity (Wildman–Crippen MR) is 111 cm³/mol. The lowest BCUT2D eigenvalue weighted by atomic mass is 10.2. The van der Waals surface area contributed by atoms with Crippen LogP contribution in [0, 0.1) is 0 Å². The van der Waals surface area contributed by atoms with Gasteiger partial charge in [0, 0.05) is 18.0 Å². The number of hydrazone groups is 1. The maximum Gasteiger partial charge on any atom is 0.276 e. The summed E-state index contributed by atoms with van der Waals surface area (Å²) in [5.41, 5.74) is 4.51. The Bertz CT molecular complexity index is 1170. The molecule has 0 unspecified atom stereocenters. The minimum Gasteiger partial charge on any atom is -0.334 e. The van der Waals surface area contributed by atoms with Gasteiger partial charge >= 0.3 is 0 Å². The predicted octanol–water partition coefficient (Wildman–Crippen LogP) is 1.45. The fourth-order valence-electron chi connectivity index (χ4n) is 3.21. The number of carbonyl (C=O) groups excluding carboxylic acids is 1. The SMILES string of the molecule is C=CCn1c(=O)/c(=C2/Sc3ccccc3N2CC)s/c1=C1/C(=O)NN=C1C. The third kappa shape index (κ3) is 2.76. The molecule has 1 amide bonds. The molecule has 0 atom stereocenters. The average Bonchev–Trinajstić information content (AvgIpc) is 3.30. The number of fused-ring (bicyclic) bond motifs is 1. The van der Waals surface area contributed by atoms with Gasteiger partial charge in [-0.2, -0.15) is 5.10 Å². The van der Waals surface area contributed by atoms with Crippen LogP contribution in [0.25, 0.3) is 10.6 Å². The number of aromatic nitrogens is 1.